The lowest BCUT2D eigenvalue weighted by molar-refractivity contribution is 0.268. The number of hydrogen-bond donors (Lipinski definition) is 0. The van der Waals surface area contributed by atoms with Crippen LogP contribution in [-0.4, -0.2) is 11.9 Å². The van der Waals surface area contributed by atoms with Gasteiger partial charge in [-0.2, -0.15) is 0 Å². The minimum absolute atomic E-state index is 0.798. The molecule has 0 N–H and O–H groups in total. The highest BCUT2D eigenvalue weighted by Gasteiger charge is 2.19. The van der Waals surface area contributed by atoms with E-state index in [-0.39, 0.29) is 0 Å². The van der Waals surface area contributed by atoms with E-state index in [1.807, 2.05) is 52.1 Å². The number of ether oxygens (including phenoxy) is 1. The summed E-state index contributed by atoms with van der Waals surface area (Å²) < 4.78 is 5.73. The Morgan fingerprint density at radius 2 is 1.69 bits per heavy atom. The normalized spacial score (nSPS) is 17.6. The first kappa shape index (κ1) is 12.4. The Balaban J connectivity index is 3.20. The summed E-state index contributed by atoms with van der Waals surface area (Å²) in [5.41, 5.74) is 2.09. The molecule has 0 saturated heterocycles. The highest BCUT2D eigenvalue weighted by molar-refractivity contribution is 5.38. The Morgan fingerprint density at radius 1 is 1.12 bits per heavy atom. The van der Waals surface area contributed by atoms with Gasteiger partial charge in [0.05, 0.1) is 11.4 Å². The van der Waals surface area contributed by atoms with Gasteiger partial charge in [-0.15, -0.1) is 0 Å². The molecule has 0 atom stereocenters. The van der Waals surface area contributed by atoms with Gasteiger partial charge in [-0.05, 0) is 39.0 Å². The second-order valence-electron chi connectivity index (χ2n) is 3.56. The SMILES string of the molecule is C=CC1=C(/C=C\C)N(C)C(/C=C\C)=C(C)O1. The van der Waals surface area contributed by atoms with E-state index < -0.39 is 0 Å². The van der Waals surface area contributed by atoms with Crippen molar-refractivity contribution in [3.63, 3.8) is 0 Å². The van der Waals surface area contributed by atoms with Crippen molar-refractivity contribution in [2.45, 2.75) is 20.8 Å². The zero-order valence-corrected chi connectivity index (χ0v) is 10.4. The summed E-state index contributed by atoms with van der Waals surface area (Å²) in [6.45, 7) is 9.72. The van der Waals surface area contributed by atoms with Crippen LogP contribution >= 0.6 is 0 Å². The lowest BCUT2D eigenvalue weighted by atomic mass is 10.2. The molecule has 0 fully saturated rings. The van der Waals surface area contributed by atoms with E-state index in [1.54, 1.807) is 6.08 Å². The lowest BCUT2D eigenvalue weighted by Crippen LogP contribution is -2.22. The molecule has 0 amide bonds. The third kappa shape index (κ3) is 2.27. The molecule has 0 unspecified atom stereocenters. The number of hydrogen-bond acceptors (Lipinski definition) is 2. The maximum Gasteiger partial charge on any atom is 0.150 e. The zero-order chi connectivity index (χ0) is 12.1. The van der Waals surface area contributed by atoms with Gasteiger partial charge < -0.3 is 9.64 Å². The van der Waals surface area contributed by atoms with Crippen LogP contribution in [0.3, 0.4) is 0 Å². The number of nitrogens with zero attached hydrogens (tertiary/aromatic N) is 1. The highest BCUT2D eigenvalue weighted by Crippen LogP contribution is 2.28. The van der Waals surface area contributed by atoms with Crippen molar-refractivity contribution in [1.29, 1.82) is 0 Å². The minimum atomic E-state index is 0.798. The summed E-state index contributed by atoms with van der Waals surface area (Å²) in [5, 5.41) is 0. The average molecular weight is 217 g/mol. The second-order valence-corrected chi connectivity index (χ2v) is 3.56. The molecule has 0 aliphatic carbocycles. The molecule has 0 radical (unpaired) electrons. The third-order valence-corrected chi connectivity index (χ3v) is 2.43. The number of rotatable bonds is 3. The molecule has 0 aromatic rings. The molecule has 2 nitrogen and oxygen atoms in total. The van der Waals surface area contributed by atoms with E-state index in [2.05, 4.69) is 11.5 Å². The van der Waals surface area contributed by atoms with E-state index >= 15 is 0 Å². The van der Waals surface area contributed by atoms with Gasteiger partial charge in [0.15, 0.2) is 0 Å². The van der Waals surface area contributed by atoms with Crippen LogP contribution in [0, 0.1) is 0 Å². The fraction of sp³-hybridized carbons (Fsp3) is 0.286. The molecule has 1 heterocycles. The van der Waals surface area contributed by atoms with Crippen LogP contribution in [0.1, 0.15) is 20.8 Å². The van der Waals surface area contributed by atoms with Crippen LogP contribution in [0.4, 0.5) is 0 Å². The fourth-order valence-electron chi connectivity index (χ4n) is 1.69. The molecular formula is C14H19NO. The summed E-state index contributed by atoms with van der Waals surface area (Å²) in [5.74, 6) is 1.69. The van der Waals surface area contributed by atoms with Crippen LogP contribution in [0.5, 0.6) is 0 Å². The second kappa shape index (κ2) is 5.40. The Hall–Kier alpha value is -1.70. The van der Waals surface area contributed by atoms with Crippen molar-refractivity contribution < 1.29 is 4.74 Å². The minimum Gasteiger partial charge on any atom is -0.458 e. The number of likely N-dealkylation sites (N-methyl/N-ethyl adjacent to an activating group) is 1. The summed E-state index contributed by atoms with van der Waals surface area (Å²) in [4.78, 5) is 2.11. The van der Waals surface area contributed by atoms with Crippen LogP contribution in [0.15, 0.2) is 59.9 Å². The molecule has 1 aliphatic heterocycles. The maximum absolute atomic E-state index is 5.73. The molecule has 2 heteroatoms. The van der Waals surface area contributed by atoms with Crippen molar-refractivity contribution in [2.75, 3.05) is 7.05 Å². The van der Waals surface area contributed by atoms with Gasteiger partial charge in [-0.1, -0.05) is 18.7 Å². The predicted molar refractivity (Wildman–Crippen MR) is 68.4 cm³/mol. The summed E-state index contributed by atoms with van der Waals surface area (Å²) in [6, 6.07) is 0. The molecule has 0 aromatic carbocycles. The smallest absolute Gasteiger partial charge is 0.150 e. The van der Waals surface area contributed by atoms with Gasteiger partial charge in [0.1, 0.15) is 11.5 Å². The van der Waals surface area contributed by atoms with Gasteiger partial charge in [0, 0.05) is 7.05 Å². The first-order valence-corrected chi connectivity index (χ1v) is 5.40. The zero-order valence-electron chi connectivity index (χ0n) is 10.4. The number of allylic oxidation sites excluding steroid dienone is 6. The van der Waals surface area contributed by atoms with E-state index in [0.717, 1.165) is 22.9 Å². The molecule has 0 aromatic heterocycles. The van der Waals surface area contributed by atoms with Gasteiger partial charge in [0.25, 0.3) is 0 Å². The Morgan fingerprint density at radius 3 is 2.19 bits per heavy atom. The van der Waals surface area contributed by atoms with Crippen LogP contribution in [0.2, 0.25) is 0 Å². The largest absolute Gasteiger partial charge is 0.458 e. The standard InChI is InChI=1S/C14H19NO/c1-6-9-12-11(4)16-14(8-3)13(10-7-2)15(12)5/h6-10H,3H2,1-2,4-5H3/b9-6-,10-7-. The van der Waals surface area contributed by atoms with E-state index in [4.69, 9.17) is 4.74 Å². The van der Waals surface area contributed by atoms with Crippen LogP contribution in [-0.2, 0) is 4.74 Å². The lowest BCUT2D eigenvalue weighted by Gasteiger charge is -2.30. The molecule has 1 aliphatic rings. The molecule has 1 rings (SSSR count). The van der Waals surface area contributed by atoms with Gasteiger partial charge in [-0.25, -0.2) is 0 Å². The third-order valence-electron chi connectivity index (χ3n) is 2.43. The molecule has 0 spiro atoms. The Labute approximate surface area is 97.9 Å². The Kier molecular flexibility index (Phi) is 4.18. The van der Waals surface area contributed by atoms with Gasteiger partial charge in [0.2, 0.25) is 0 Å². The van der Waals surface area contributed by atoms with Crippen molar-refractivity contribution in [3.8, 4) is 0 Å². The van der Waals surface area contributed by atoms with Crippen molar-refractivity contribution in [2.24, 2.45) is 0 Å². The van der Waals surface area contributed by atoms with Crippen LogP contribution < -0.4 is 0 Å². The van der Waals surface area contributed by atoms with E-state index in [1.165, 1.54) is 0 Å². The van der Waals surface area contributed by atoms with Crippen molar-refractivity contribution >= 4 is 0 Å². The van der Waals surface area contributed by atoms with Crippen LogP contribution in [0.25, 0.3) is 0 Å². The molecule has 16 heavy (non-hydrogen) atoms. The topological polar surface area (TPSA) is 12.5 Å². The van der Waals surface area contributed by atoms with Crippen molar-refractivity contribution in [3.05, 3.63) is 59.9 Å². The molecular weight excluding hydrogens is 198 g/mol. The molecule has 0 saturated carbocycles. The first-order valence-electron chi connectivity index (χ1n) is 5.40. The van der Waals surface area contributed by atoms with Gasteiger partial charge in [-0.3, -0.25) is 0 Å². The quantitative estimate of drug-likeness (QED) is 0.714. The summed E-state index contributed by atoms with van der Waals surface area (Å²) >= 11 is 0. The summed E-state index contributed by atoms with van der Waals surface area (Å²) in [6.07, 6.45) is 9.80. The maximum atomic E-state index is 5.73. The molecule has 86 valence electrons. The average Bonchev–Trinajstić information content (AvgIpc) is 2.28. The van der Waals surface area contributed by atoms with Crippen molar-refractivity contribution in [1.82, 2.24) is 4.90 Å². The van der Waals surface area contributed by atoms with Gasteiger partial charge >= 0.3 is 0 Å². The Bertz CT molecular complexity index is 397. The highest BCUT2D eigenvalue weighted by atomic mass is 16.5. The fourth-order valence-corrected chi connectivity index (χ4v) is 1.69. The van der Waals surface area contributed by atoms with E-state index in [0.29, 0.717) is 0 Å². The van der Waals surface area contributed by atoms with E-state index in [9.17, 15) is 0 Å². The summed E-state index contributed by atoms with van der Waals surface area (Å²) in [7, 11) is 2.03. The monoisotopic (exact) mass is 217 g/mol. The first-order chi connectivity index (χ1) is 7.65. The predicted octanol–water partition coefficient (Wildman–Crippen LogP) is 3.73. The molecule has 0 bridgehead atoms.